The molecule has 110 valence electrons. The standard InChI is InChI=1S/C15H19F2NO2/c1-10(18(2)12-5-7-20-8-6-12)15(19)11-3-4-13(16)14(17)9-11/h3-4,9-10,12H,5-8H2,1-2H3. The summed E-state index contributed by atoms with van der Waals surface area (Å²) < 4.78 is 31.4. The van der Waals surface area contributed by atoms with Crippen molar-refractivity contribution in [2.24, 2.45) is 0 Å². The smallest absolute Gasteiger partial charge is 0.179 e. The highest BCUT2D eigenvalue weighted by Gasteiger charge is 2.27. The summed E-state index contributed by atoms with van der Waals surface area (Å²) in [6.07, 6.45) is 1.76. The molecule has 1 fully saturated rings. The first kappa shape index (κ1) is 15.1. The number of likely N-dealkylation sites (N-methyl/N-ethyl adjacent to an activating group) is 1. The zero-order valence-corrected chi connectivity index (χ0v) is 11.7. The molecule has 0 aromatic heterocycles. The third-order valence-corrected chi connectivity index (χ3v) is 3.96. The molecular formula is C15H19F2NO2. The molecule has 0 aliphatic carbocycles. The number of carbonyl (C=O) groups is 1. The predicted molar refractivity (Wildman–Crippen MR) is 71.8 cm³/mol. The Kier molecular flexibility index (Phi) is 4.83. The zero-order chi connectivity index (χ0) is 14.7. The highest BCUT2D eigenvalue weighted by Crippen LogP contribution is 2.18. The van der Waals surface area contributed by atoms with Gasteiger partial charge in [0.1, 0.15) is 0 Å². The number of benzene rings is 1. The molecule has 20 heavy (non-hydrogen) atoms. The van der Waals surface area contributed by atoms with Gasteiger partial charge in [0, 0.05) is 24.8 Å². The van der Waals surface area contributed by atoms with Crippen molar-refractivity contribution in [1.82, 2.24) is 4.90 Å². The van der Waals surface area contributed by atoms with Gasteiger partial charge in [-0.05, 0) is 45.0 Å². The van der Waals surface area contributed by atoms with Crippen molar-refractivity contribution in [2.75, 3.05) is 20.3 Å². The second-order valence-corrected chi connectivity index (χ2v) is 5.18. The van der Waals surface area contributed by atoms with Crippen LogP contribution in [0.25, 0.3) is 0 Å². The molecule has 1 atom stereocenters. The second-order valence-electron chi connectivity index (χ2n) is 5.18. The molecule has 2 rings (SSSR count). The van der Waals surface area contributed by atoms with Gasteiger partial charge in [-0.1, -0.05) is 0 Å². The number of nitrogens with zero attached hydrogens (tertiary/aromatic N) is 1. The van der Waals surface area contributed by atoms with Gasteiger partial charge in [-0.2, -0.15) is 0 Å². The molecule has 1 aliphatic heterocycles. The summed E-state index contributed by atoms with van der Waals surface area (Å²) in [6.45, 7) is 3.18. The number of ketones is 1. The van der Waals surface area contributed by atoms with E-state index in [1.165, 1.54) is 6.07 Å². The van der Waals surface area contributed by atoms with Crippen molar-refractivity contribution in [1.29, 1.82) is 0 Å². The number of rotatable bonds is 4. The summed E-state index contributed by atoms with van der Waals surface area (Å²) in [4.78, 5) is 14.3. The normalized spacial score (nSPS) is 18.2. The summed E-state index contributed by atoms with van der Waals surface area (Å²) in [5.41, 5.74) is 0.204. The van der Waals surface area contributed by atoms with Crippen LogP contribution in [0.2, 0.25) is 0 Å². The molecule has 5 heteroatoms. The average molecular weight is 283 g/mol. The van der Waals surface area contributed by atoms with E-state index in [1.54, 1.807) is 6.92 Å². The quantitative estimate of drug-likeness (QED) is 0.796. The molecule has 0 spiro atoms. The fraction of sp³-hybridized carbons (Fsp3) is 0.533. The van der Waals surface area contributed by atoms with Gasteiger partial charge in [0.15, 0.2) is 17.4 Å². The Hall–Kier alpha value is -1.33. The predicted octanol–water partition coefficient (Wildman–Crippen LogP) is 2.65. The number of halogens is 2. The van der Waals surface area contributed by atoms with Crippen molar-refractivity contribution in [2.45, 2.75) is 31.8 Å². The third kappa shape index (κ3) is 3.22. The average Bonchev–Trinajstić information content (AvgIpc) is 2.48. The maximum absolute atomic E-state index is 13.2. The number of Topliss-reactive ketones (excluding diaryl/α,β-unsaturated/α-hetero) is 1. The van der Waals surface area contributed by atoms with Gasteiger partial charge in [-0.15, -0.1) is 0 Å². The fourth-order valence-corrected chi connectivity index (χ4v) is 2.48. The van der Waals surface area contributed by atoms with Gasteiger partial charge in [-0.25, -0.2) is 8.78 Å². The van der Waals surface area contributed by atoms with Gasteiger partial charge < -0.3 is 4.74 Å². The van der Waals surface area contributed by atoms with Crippen LogP contribution < -0.4 is 0 Å². The first-order valence-electron chi connectivity index (χ1n) is 6.79. The fourth-order valence-electron chi connectivity index (χ4n) is 2.48. The van der Waals surface area contributed by atoms with E-state index < -0.39 is 11.6 Å². The molecule has 1 heterocycles. The minimum atomic E-state index is -0.989. The largest absolute Gasteiger partial charge is 0.381 e. The molecule has 0 N–H and O–H groups in total. The maximum Gasteiger partial charge on any atom is 0.179 e. The van der Waals surface area contributed by atoms with Crippen molar-refractivity contribution in [3.63, 3.8) is 0 Å². The Morgan fingerprint density at radius 1 is 1.30 bits per heavy atom. The van der Waals surface area contributed by atoms with Crippen molar-refractivity contribution >= 4 is 5.78 Å². The lowest BCUT2D eigenvalue weighted by atomic mass is 10.0. The van der Waals surface area contributed by atoms with Crippen molar-refractivity contribution < 1.29 is 18.3 Å². The monoisotopic (exact) mass is 283 g/mol. The topological polar surface area (TPSA) is 29.5 Å². The van der Waals surface area contributed by atoms with E-state index >= 15 is 0 Å². The van der Waals surface area contributed by atoms with Crippen LogP contribution in [0.1, 0.15) is 30.1 Å². The Bertz CT molecular complexity index is 487. The van der Waals surface area contributed by atoms with E-state index in [0.29, 0.717) is 13.2 Å². The van der Waals surface area contributed by atoms with E-state index in [2.05, 4.69) is 0 Å². The van der Waals surface area contributed by atoms with Gasteiger partial charge in [0.05, 0.1) is 6.04 Å². The summed E-state index contributed by atoms with van der Waals surface area (Å²) in [5, 5.41) is 0. The van der Waals surface area contributed by atoms with Crippen molar-refractivity contribution in [3.8, 4) is 0 Å². The van der Waals surface area contributed by atoms with Gasteiger partial charge >= 0.3 is 0 Å². The van der Waals surface area contributed by atoms with Gasteiger partial charge in [-0.3, -0.25) is 9.69 Å². The Labute approximate surface area is 117 Å². The van der Waals surface area contributed by atoms with Crippen LogP contribution in [0.5, 0.6) is 0 Å². The van der Waals surface area contributed by atoms with E-state index in [4.69, 9.17) is 4.74 Å². The summed E-state index contributed by atoms with van der Waals surface area (Å²) in [7, 11) is 1.89. The maximum atomic E-state index is 13.2. The van der Waals surface area contributed by atoms with Gasteiger partial charge in [0.25, 0.3) is 0 Å². The Morgan fingerprint density at radius 3 is 2.55 bits per heavy atom. The van der Waals surface area contributed by atoms with E-state index in [9.17, 15) is 13.6 Å². The minimum absolute atomic E-state index is 0.196. The lowest BCUT2D eigenvalue weighted by Crippen LogP contribution is -2.45. The molecule has 0 saturated carbocycles. The molecule has 1 aromatic carbocycles. The van der Waals surface area contributed by atoms with E-state index in [-0.39, 0.29) is 23.4 Å². The summed E-state index contributed by atoms with van der Waals surface area (Å²) in [5.74, 6) is -2.12. The SMILES string of the molecule is CC(C(=O)c1ccc(F)c(F)c1)N(C)C1CCOCC1. The van der Waals surface area contributed by atoms with Crippen LogP contribution >= 0.6 is 0 Å². The molecule has 1 aliphatic rings. The molecule has 3 nitrogen and oxygen atoms in total. The number of carbonyl (C=O) groups excluding carboxylic acids is 1. The van der Waals surface area contributed by atoms with Crippen LogP contribution in [0.4, 0.5) is 8.78 Å². The minimum Gasteiger partial charge on any atom is -0.381 e. The molecule has 1 aromatic rings. The zero-order valence-electron chi connectivity index (χ0n) is 11.7. The van der Waals surface area contributed by atoms with Crippen LogP contribution in [0.15, 0.2) is 18.2 Å². The summed E-state index contributed by atoms with van der Waals surface area (Å²) >= 11 is 0. The second kappa shape index (κ2) is 6.41. The Morgan fingerprint density at radius 2 is 1.95 bits per heavy atom. The molecular weight excluding hydrogens is 264 g/mol. The number of hydrogen-bond acceptors (Lipinski definition) is 3. The number of hydrogen-bond donors (Lipinski definition) is 0. The van der Waals surface area contributed by atoms with Crippen LogP contribution in [-0.4, -0.2) is 43.0 Å². The first-order valence-corrected chi connectivity index (χ1v) is 6.79. The Balaban J connectivity index is 2.08. The summed E-state index contributed by atoms with van der Waals surface area (Å²) in [6, 6.07) is 3.20. The molecule has 0 bridgehead atoms. The molecule has 1 saturated heterocycles. The van der Waals surface area contributed by atoms with Crippen LogP contribution in [0, 0.1) is 11.6 Å². The number of ether oxygens (including phenoxy) is 1. The van der Waals surface area contributed by atoms with Gasteiger partial charge in [0.2, 0.25) is 0 Å². The van der Waals surface area contributed by atoms with E-state index in [1.807, 2.05) is 11.9 Å². The van der Waals surface area contributed by atoms with E-state index in [0.717, 1.165) is 25.0 Å². The molecule has 0 radical (unpaired) electrons. The lowest BCUT2D eigenvalue weighted by Gasteiger charge is -2.34. The van der Waals surface area contributed by atoms with Crippen LogP contribution in [-0.2, 0) is 4.74 Å². The third-order valence-electron chi connectivity index (χ3n) is 3.96. The first-order chi connectivity index (χ1) is 9.50. The lowest BCUT2D eigenvalue weighted by molar-refractivity contribution is 0.0301. The highest BCUT2D eigenvalue weighted by molar-refractivity contribution is 5.99. The van der Waals surface area contributed by atoms with Crippen LogP contribution in [0.3, 0.4) is 0 Å². The highest BCUT2D eigenvalue weighted by atomic mass is 19.2. The molecule has 0 amide bonds. The van der Waals surface area contributed by atoms with Crippen molar-refractivity contribution in [3.05, 3.63) is 35.4 Å². The molecule has 1 unspecified atom stereocenters.